The molecule has 1 aliphatic rings. The molecule has 3 rings (SSSR count). The van der Waals surface area contributed by atoms with Crippen molar-refractivity contribution in [3.05, 3.63) is 46.2 Å². The average Bonchev–Trinajstić information content (AvgIpc) is 3.29. The van der Waals surface area contributed by atoms with E-state index in [9.17, 15) is 13.2 Å². The van der Waals surface area contributed by atoms with Crippen molar-refractivity contribution < 1.29 is 17.9 Å². The Kier molecular flexibility index (Phi) is 6.76. The first-order chi connectivity index (χ1) is 13.8. The van der Waals surface area contributed by atoms with E-state index in [4.69, 9.17) is 28.6 Å². The molecular weight excluding hydrogens is 427 g/mol. The molecule has 1 atom stereocenters. The molecule has 1 aliphatic heterocycles. The number of rotatable bonds is 5. The second-order valence-corrected chi connectivity index (χ2v) is 7.23. The smallest absolute Gasteiger partial charge is 0.376 e. The number of nitrogens with one attached hydrogen (secondary N) is 2. The molecule has 0 spiro atoms. The molecule has 0 saturated carbocycles. The van der Waals surface area contributed by atoms with Gasteiger partial charge in [-0.05, 0) is 50.2 Å². The third-order valence-corrected chi connectivity index (χ3v) is 4.94. The van der Waals surface area contributed by atoms with Crippen LogP contribution < -0.4 is 10.7 Å². The summed E-state index contributed by atoms with van der Waals surface area (Å²) in [5, 5.41) is 11.7. The van der Waals surface area contributed by atoms with Crippen molar-refractivity contribution in [3.8, 4) is 5.69 Å². The van der Waals surface area contributed by atoms with Crippen molar-refractivity contribution in [3.63, 3.8) is 0 Å². The molecule has 156 valence electrons. The van der Waals surface area contributed by atoms with Crippen LogP contribution in [0.5, 0.6) is 0 Å². The van der Waals surface area contributed by atoms with Gasteiger partial charge in [0.15, 0.2) is 5.11 Å². The van der Waals surface area contributed by atoms with Crippen LogP contribution in [0.1, 0.15) is 29.7 Å². The Morgan fingerprint density at radius 3 is 2.97 bits per heavy atom. The van der Waals surface area contributed by atoms with E-state index in [0.29, 0.717) is 22.9 Å². The lowest BCUT2D eigenvalue weighted by atomic mass is 10.2. The molecule has 1 aromatic heterocycles. The fourth-order valence-corrected chi connectivity index (χ4v) is 3.31. The van der Waals surface area contributed by atoms with E-state index in [1.165, 1.54) is 23.0 Å². The van der Waals surface area contributed by atoms with Crippen molar-refractivity contribution in [2.45, 2.75) is 32.0 Å². The third-order valence-electron chi connectivity index (χ3n) is 4.34. The molecule has 2 N–H and O–H groups in total. The molecule has 11 heteroatoms. The highest BCUT2D eigenvalue weighted by molar-refractivity contribution is 7.80. The second kappa shape index (κ2) is 9.10. The summed E-state index contributed by atoms with van der Waals surface area (Å²) in [5.74, 6) is 0. The van der Waals surface area contributed by atoms with E-state index < -0.39 is 11.7 Å². The van der Waals surface area contributed by atoms with Gasteiger partial charge >= 0.3 is 6.18 Å². The van der Waals surface area contributed by atoms with Gasteiger partial charge in [-0.1, -0.05) is 17.7 Å². The first-order valence-corrected chi connectivity index (χ1v) is 9.65. The van der Waals surface area contributed by atoms with Gasteiger partial charge < -0.3 is 10.1 Å². The maximum atomic E-state index is 13.0. The molecule has 0 radical (unpaired) electrons. The van der Waals surface area contributed by atoms with Crippen LogP contribution in [0.4, 0.5) is 13.2 Å². The number of halogens is 4. The summed E-state index contributed by atoms with van der Waals surface area (Å²) in [6.45, 7) is 3.04. The normalized spacial score (nSPS) is 17.1. The lowest BCUT2D eigenvalue weighted by Crippen LogP contribution is -2.37. The molecule has 29 heavy (non-hydrogen) atoms. The number of nitrogens with zero attached hydrogens (tertiary/aromatic N) is 3. The molecule has 0 bridgehead atoms. The number of benzene rings is 1. The van der Waals surface area contributed by atoms with E-state index in [-0.39, 0.29) is 16.9 Å². The minimum Gasteiger partial charge on any atom is -0.376 e. The Morgan fingerprint density at radius 2 is 2.28 bits per heavy atom. The van der Waals surface area contributed by atoms with Crippen LogP contribution in [0.25, 0.3) is 5.69 Å². The van der Waals surface area contributed by atoms with E-state index >= 15 is 0 Å². The zero-order valence-corrected chi connectivity index (χ0v) is 17.0. The van der Waals surface area contributed by atoms with Crippen molar-refractivity contribution in [2.24, 2.45) is 5.10 Å². The lowest BCUT2D eigenvalue weighted by molar-refractivity contribution is -0.137. The summed E-state index contributed by atoms with van der Waals surface area (Å²) >= 11 is 11.5. The Balaban J connectivity index is 1.68. The Labute approximate surface area is 176 Å². The zero-order valence-electron chi connectivity index (χ0n) is 15.5. The molecule has 2 heterocycles. The van der Waals surface area contributed by atoms with E-state index in [1.54, 1.807) is 6.92 Å². The van der Waals surface area contributed by atoms with E-state index in [2.05, 4.69) is 20.9 Å². The zero-order chi connectivity index (χ0) is 21.0. The van der Waals surface area contributed by atoms with E-state index in [1.807, 2.05) is 0 Å². The van der Waals surface area contributed by atoms with Crippen molar-refractivity contribution >= 4 is 35.1 Å². The molecule has 0 amide bonds. The van der Waals surface area contributed by atoms with Crippen molar-refractivity contribution in [1.82, 2.24) is 20.5 Å². The van der Waals surface area contributed by atoms with Gasteiger partial charge in [-0.2, -0.15) is 23.4 Å². The molecule has 2 aromatic rings. The van der Waals surface area contributed by atoms with Crippen LogP contribution in [0.2, 0.25) is 5.15 Å². The Bertz CT molecular complexity index is 909. The number of hydrazone groups is 1. The second-order valence-electron chi connectivity index (χ2n) is 6.46. The first-order valence-electron chi connectivity index (χ1n) is 8.87. The minimum atomic E-state index is -4.45. The molecule has 1 unspecified atom stereocenters. The maximum absolute atomic E-state index is 13.0. The van der Waals surface area contributed by atoms with Crippen LogP contribution in [-0.4, -0.2) is 40.4 Å². The summed E-state index contributed by atoms with van der Waals surface area (Å²) in [4.78, 5) is 0. The van der Waals surface area contributed by atoms with E-state index in [0.717, 1.165) is 31.6 Å². The molecule has 1 fully saturated rings. The molecule has 6 nitrogen and oxygen atoms in total. The SMILES string of the molecule is Cc1nn(-c2cccc(C(F)(F)F)c2)c(Cl)c1C=NNC(=S)NCC1CCCO1. The highest BCUT2D eigenvalue weighted by atomic mass is 35.5. The van der Waals surface area contributed by atoms with Crippen molar-refractivity contribution in [2.75, 3.05) is 13.2 Å². The standard InChI is InChI=1S/C18H19ClF3N5OS/c1-11-15(10-24-25-17(29)23-9-14-6-3-7-28-14)16(19)27(26-11)13-5-2-4-12(8-13)18(20,21)22/h2,4-5,8,10,14H,3,6-7,9H2,1H3,(H2,23,25,29). The van der Waals surface area contributed by atoms with Gasteiger partial charge in [-0.25, -0.2) is 4.68 Å². The fraction of sp³-hybridized carbons (Fsp3) is 0.389. The van der Waals surface area contributed by atoms with Crippen molar-refractivity contribution in [1.29, 1.82) is 0 Å². The largest absolute Gasteiger partial charge is 0.416 e. The molecule has 1 saturated heterocycles. The summed E-state index contributed by atoms with van der Waals surface area (Å²) in [5.41, 5.74) is 3.08. The van der Waals surface area contributed by atoms with Gasteiger partial charge in [0.2, 0.25) is 0 Å². The monoisotopic (exact) mass is 445 g/mol. The highest BCUT2D eigenvalue weighted by Crippen LogP contribution is 2.31. The average molecular weight is 446 g/mol. The number of aromatic nitrogens is 2. The third kappa shape index (κ3) is 5.46. The fourth-order valence-electron chi connectivity index (χ4n) is 2.85. The Morgan fingerprint density at radius 1 is 1.48 bits per heavy atom. The minimum absolute atomic E-state index is 0.140. The number of hydrogen-bond donors (Lipinski definition) is 2. The predicted molar refractivity (Wildman–Crippen MR) is 109 cm³/mol. The molecular formula is C18H19ClF3N5OS. The van der Waals surface area contributed by atoms with Crippen LogP contribution in [0, 0.1) is 6.92 Å². The van der Waals surface area contributed by atoms with Gasteiger partial charge in [-0.15, -0.1) is 0 Å². The van der Waals surface area contributed by atoms with Gasteiger partial charge in [0.1, 0.15) is 5.15 Å². The van der Waals surface area contributed by atoms with Crippen LogP contribution >= 0.6 is 23.8 Å². The summed E-state index contributed by atoms with van der Waals surface area (Å²) in [6.07, 6.45) is -0.859. The molecule has 1 aromatic carbocycles. The van der Waals surface area contributed by atoms with Gasteiger partial charge in [0.05, 0.1) is 34.8 Å². The van der Waals surface area contributed by atoms with Crippen LogP contribution in [-0.2, 0) is 10.9 Å². The van der Waals surface area contributed by atoms with Gasteiger partial charge in [0.25, 0.3) is 0 Å². The first kappa shape index (κ1) is 21.5. The molecule has 0 aliphatic carbocycles. The number of hydrogen-bond acceptors (Lipinski definition) is 4. The summed E-state index contributed by atoms with van der Waals surface area (Å²) in [6, 6.07) is 4.78. The summed E-state index contributed by atoms with van der Waals surface area (Å²) in [7, 11) is 0. The highest BCUT2D eigenvalue weighted by Gasteiger charge is 2.30. The van der Waals surface area contributed by atoms with Crippen LogP contribution in [0.3, 0.4) is 0 Å². The quantitative estimate of drug-likeness (QED) is 0.416. The topological polar surface area (TPSA) is 63.5 Å². The predicted octanol–water partition coefficient (Wildman–Crippen LogP) is 3.83. The number of thiocarbonyl (C=S) groups is 1. The van der Waals surface area contributed by atoms with Gasteiger partial charge in [-0.3, -0.25) is 5.43 Å². The summed E-state index contributed by atoms with van der Waals surface area (Å²) < 4.78 is 45.6. The number of aryl methyl sites for hydroxylation is 1. The number of ether oxygens (including phenoxy) is 1. The lowest BCUT2D eigenvalue weighted by Gasteiger charge is -2.11. The maximum Gasteiger partial charge on any atom is 0.416 e. The van der Waals surface area contributed by atoms with Crippen LogP contribution in [0.15, 0.2) is 29.4 Å². The van der Waals surface area contributed by atoms with Gasteiger partial charge in [0, 0.05) is 13.2 Å². The Hall–Kier alpha value is -2.17. The number of alkyl halides is 3.